The van der Waals surface area contributed by atoms with Gasteiger partial charge in [0.1, 0.15) is 6.26 Å². The molecular weight excluding hydrogens is 356 g/mol. The Kier molecular flexibility index (Phi) is 6.65. The van der Waals surface area contributed by atoms with E-state index in [2.05, 4.69) is 63.8 Å². The van der Waals surface area contributed by atoms with Gasteiger partial charge >= 0.3 is 0 Å². The highest BCUT2D eigenvalue weighted by Gasteiger charge is 2.09. The Morgan fingerprint density at radius 3 is 2.74 bits per heavy atom. The van der Waals surface area contributed by atoms with Crippen LogP contribution in [0.2, 0.25) is 0 Å². The number of thiophene rings is 1. The minimum absolute atomic E-state index is 0.669. The molecule has 1 N–H and O–H groups in total. The van der Waals surface area contributed by atoms with Crippen molar-refractivity contribution in [1.29, 1.82) is 0 Å². The zero-order chi connectivity index (χ0) is 19.1. The van der Waals surface area contributed by atoms with Gasteiger partial charge in [-0.1, -0.05) is 23.8 Å². The van der Waals surface area contributed by atoms with Crippen molar-refractivity contribution in [3.63, 3.8) is 0 Å². The summed E-state index contributed by atoms with van der Waals surface area (Å²) in [4.78, 5) is 12.5. The van der Waals surface area contributed by atoms with Crippen LogP contribution in [0.1, 0.15) is 16.1 Å². The van der Waals surface area contributed by atoms with Crippen LogP contribution in [0.4, 0.5) is 0 Å². The summed E-state index contributed by atoms with van der Waals surface area (Å²) in [5.41, 5.74) is 3.17. The van der Waals surface area contributed by atoms with E-state index in [1.54, 1.807) is 17.6 Å². The van der Waals surface area contributed by atoms with E-state index in [9.17, 15) is 0 Å². The van der Waals surface area contributed by atoms with Crippen molar-refractivity contribution >= 4 is 17.3 Å². The van der Waals surface area contributed by atoms with Gasteiger partial charge in [0.05, 0.1) is 5.69 Å². The average Bonchev–Trinajstić information content (AvgIpc) is 3.36. The third kappa shape index (κ3) is 5.44. The maximum Gasteiger partial charge on any atom is 0.226 e. The van der Waals surface area contributed by atoms with Crippen LogP contribution in [0, 0.1) is 6.92 Å². The number of nitrogens with zero attached hydrogens (tertiary/aromatic N) is 3. The van der Waals surface area contributed by atoms with Crippen LogP contribution >= 0.6 is 11.3 Å². The molecule has 0 fully saturated rings. The number of likely N-dealkylation sites (N-methyl/N-ethyl adjacent to an activating group) is 1. The summed E-state index contributed by atoms with van der Waals surface area (Å²) in [5, 5.41) is 5.52. The highest BCUT2D eigenvalue weighted by molar-refractivity contribution is 7.09. The number of aryl methyl sites for hydroxylation is 1. The Morgan fingerprint density at radius 1 is 1.22 bits per heavy atom. The molecule has 0 bridgehead atoms. The van der Waals surface area contributed by atoms with Crippen LogP contribution in [0.15, 0.2) is 57.5 Å². The highest BCUT2D eigenvalue weighted by atomic mass is 32.1. The van der Waals surface area contributed by atoms with Crippen molar-refractivity contribution in [3.05, 3.63) is 64.2 Å². The van der Waals surface area contributed by atoms with E-state index in [0.717, 1.165) is 43.1 Å². The highest BCUT2D eigenvalue weighted by Crippen LogP contribution is 2.19. The number of aliphatic imine (C=N–C) groups is 1. The Morgan fingerprint density at radius 2 is 2.04 bits per heavy atom. The number of oxazole rings is 1. The molecule has 0 unspecified atom stereocenters. The van der Waals surface area contributed by atoms with Crippen LogP contribution in [0.25, 0.3) is 11.5 Å². The number of benzene rings is 1. The van der Waals surface area contributed by atoms with Gasteiger partial charge < -0.3 is 14.6 Å². The number of aromatic nitrogens is 1. The summed E-state index contributed by atoms with van der Waals surface area (Å²) >= 11 is 1.79. The fourth-order valence-corrected chi connectivity index (χ4v) is 3.47. The van der Waals surface area contributed by atoms with Crippen molar-refractivity contribution in [2.24, 2.45) is 4.99 Å². The van der Waals surface area contributed by atoms with Gasteiger partial charge in [0.15, 0.2) is 5.96 Å². The second-order valence-electron chi connectivity index (χ2n) is 6.48. The summed E-state index contributed by atoms with van der Waals surface area (Å²) < 4.78 is 5.62. The lowest BCUT2D eigenvalue weighted by atomic mass is 10.1. The second-order valence-corrected chi connectivity index (χ2v) is 7.52. The van der Waals surface area contributed by atoms with Gasteiger partial charge in [0, 0.05) is 44.0 Å². The molecule has 2 heterocycles. The number of nitrogens with one attached hydrogen (secondary N) is 1. The smallest absolute Gasteiger partial charge is 0.226 e. The molecule has 1 aromatic carbocycles. The van der Waals surface area contributed by atoms with Crippen molar-refractivity contribution in [2.75, 3.05) is 27.2 Å². The predicted molar refractivity (Wildman–Crippen MR) is 112 cm³/mol. The zero-order valence-corrected chi connectivity index (χ0v) is 16.9. The van der Waals surface area contributed by atoms with Gasteiger partial charge in [-0.05, 0) is 36.9 Å². The average molecular weight is 383 g/mol. The minimum Gasteiger partial charge on any atom is -0.444 e. The SMILES string of the molecule is CN=C(NCCc1coc(-c2ccc(C)cc2)n1)N(C)CCc1cccs1. The number of hydrogen-bond acceptors (Lipinski definition) is 4. The molecule has 0 amide bonds. The Balaban J connectivity index is 1.47. The molecule has 0 aliphatic carbocycles. The van der Waals surface area contributed by atoms with E-state index in [1.807, 2.05) is 19.2 Å². The van der Waals surface area contributed by atoms with Gasteiger partial charge in [-0.25, -0.2) is 4.98 Å². The molecule has 27 heavy (non-hydrogen) atoms. The first-order valence-electron chi connectivity index (χ1n) is 9.11. The van der Waals surface area contributed by atoms with E-state index < -0.39 is 0 Å². The van der Waals surface area contributed by atoms with Crippen LogP contribution in [0.5, 0.6) is 0 Å². The van der Waals surface area contributed by atoms with Crippen molar-refractivity contribution in [2.45, 2.75) is 19.8 Å². The fraction of sp³-hybridized carbons (Fsp3) is 0.333. The molecule has 2 aromatic heterocycles. The molecule has 3 aromatic rings. The van der Waals surface area contributed by atoms with Gasteiger partial charge in [-0.2, -0.15) is 0 Å². The molecule has 0 saturated heterocycles. The molecule has 0 saturated carbocycles. The van der Waals surface area contributed by atoms with Gasteiger partial charge in [0.25, 0.3) is 0 Å². The Bertz CT molecular complexity index is 853. The number of hydrogen-bond donors (Lipinski definition) is 1. The summed E-state index contributed by atoms with van der Waals surface area (Å²) in [5.74, 6) is 1.57. The van der Waals surface area contributed by atoms with Crippen molar-refractivity contribution in [3.8, 4) is 11.5 Å². The maximum atomic E-state index is 5.62. The predicted octanol–water partition coefficient (Wildman–Crippen LogP) is 4.00. The molecule has 3 rings (SSSR count). The quantitative estimate of drug-likeness (QED) is 0.496. The van der Waals surface area contributed by atoms with Crippen molar-refractivity contribution in [1.82, 2.24) is 15.2 Å². The van der Waals surface area contributed by atoms with Gasteiger partial charge in [-0.15, -0.1) is 11.3 Å². The van der Waals surface area contributed by atoms with Crippen LogP contribution in [0.3, 0.4) is 0 Å². The van der Waals surface area contributed by atoms with Crippen LogP contribution < -0.4 is 5.32 Å². The van der Waals surface area contributed by atoms with Gasteiger partial charge in [-0.3, -0.25) is 4.99 Å². The fourth-order valence-electron chi connectivity index (χ4n) is 2.78. The van der Waals surface area contributed by atoms with E-state index in [1.165, 1.54) is 10.4 Å². The lowest BCUT2D eigenvalue weighted by molar-refractivity contribution is 0.487. The Labute approximate surface area is 164 Å². The molecule has 6 heteroatoms. The summed E-state index contributed by atoms with van der Waals surface area (Å²) in [7, 11) is 3.88. The third-order valence-corrected chi connectivity index (χ3v) is 5.30. The minimum atomic E-state index is 0.669. The first-order chi connectivity index (χ1) is 13.2. The summed E-state index contributed by atoms with van der Waals surface area (Å²) in [6, 6.07) is 12.5. The number of guanidine groups is 1. The second kappa shape index (κ2) is 9.37. The zero-order valence-electron chi connectivity index (χ0n) is 16.1. The monoisotopic (exact) mass is 382 g/mol. The van der Waals surface area contributed by atoms with Crippen LogP contribution in [-0.4, -0.2) is 43.0 Å². The molecule has 0 aliphatic heterocycles. The standard InChI is InChI=1S/C21H26N4OS/c1-16-6-8-17(9-7-16)20-24-18(15-26-20)10-12-23-21(22-2)25(3)13-11-19-5-4-14-27-19/h4-9,14-15H,10-13H2,1-3H3,(H,22,23). The Hall–Kier alpha value is -2.60. The molecule has 0 radical (unpaired) electrons. The van der Waals surface area contributed by atoms with E-state index in [-0.39, 0.29) is 0 Å². The lowest BCUT2D eigenvalue weighted by Crippen LogP contribution is -2.40. The first kappa shape index (κ1) is 19.2. The topological polar surface area (TPSA) is 53.7 Å². The maximum absolute atomic E-state index is 5.62. The van der Waals surface area contributed by atoms with Crippen LogP contribution in [-0.2, 0) is 12.8 Å². The van der Waals surface area contributed by atoms with E-state index in [4.69, 9.17) is 4.42 Å². The first-order valence-corrected chi connectivity index (χ1v) is 9.99. The van der Waals surface area contributed by atoms with E-state index in [0.29, 0.717) is 5.89 Å². The molecule has 5 nitrogen and oxygen atoms in total. The lowest BCUT2D eigenvalue weighted by Gasteiger charge is -2.21. The molecule has 0 spiro atoms. The largest absolute Gasteiger partial charge is 0.444 e. The van der Waals surface area contributed by atoms with Crippen molar-refractivity contribution < 1.29 is 4.42 Å². The summed E-state index contributed by atoms with van der Waals surface area (Å²) in [6.45, 7) is 3.76. The normalized spacial score (nSPS) is 11.6. The molecular formula is C21H26N4OS. The number of rotatable bonds is 7. The third-order valence-electron chi connectivity index (χ3n) is 4.36. The molecule has 0 atom stereocenters. The molecule has 0 aliphatic rings. The summed E-state index contributed by atoms with van der Waals surface area (Å²) in [6.07, 6.45) is 3.55. The molecule has 142 valence electrons. The van der Waals surface area contributed by atoms with E-state index >= 15 is 0 Å². The van der Waals surface area contributed by atoms with Gasteiger partial charge in [0.2, 0.25) is 5.89 Å².